The molecule has 4 aromatic heterocycles. The number of nitrogens with two attached hydrogens (primary N) is 1. The Balaban J connectivity index is 2.00. The molecular weight excluding hydrogens is 440 g/mol. The number of carbonyl (C=O) groups is 2. The Labute approximate surface area is 184 Å². The second kappa shape index (κ2) is 8.11. The summed E-state index contributed by atoms with van der Waals surface area (Å²) < 4.78 is 30.3. The number of primary amides is 1. The van der Waals surface area contributed by atoms with Gasteiger partial charge in [-0.05, 0) is 31.5 Å². The van der Waals surface area contributed by atoms with Crippen LogP contribution >= 0.6 is 11.3 Å². The van der Waals surface area contributed by atoms with Gasteiger partial charge in [0.25, 0.3) is 18.2 Å². The molecule has 0 aromatic carbocycles. The maximum atomic E-state index is 13.6. The number of pyridine rings is 1. The standard InChI is InChI=1S/C20H19F2N7O2S/c1-4-29-9(2)11(8-25-29)10-7-12(17(21)22)26-20-14(10)15(16(32-20)18(23)30)27-19(31)13-5-6-24-28(13)3/h5-8,17H,4H2,1-3H3,(H2,23,30)(H,27,31). The Morgan fingerprint density at radius 1 is 1.28 bits per heavy atom. The van der Waals surface area contributed by atoms with Crippen LogP contribution in [0.3, 0.4) is 0 Å². The van der Waals surface area contributed by atoms with E-state index in [2.05, 4.69) is 20.5 Å². The van der Waals surface area contributed by atoms with E-state index < -0.39 is 23.9 Å². The van der Waals surface area contributed by atoms with Crippen molar-refractivity contribution in [1.82, 2.24) is 24.5 Å². The molecular formula is C20H19F2N7O2S. The van der Waals surface area contributed by atoms with Crippen molar-refractivity contribution in [2.75, 3.05) is 5.32 Å². The molecule has 32 heavy (non-hydrogen) atoms. The van der Waals surface area contributed by atoms with Crippen LogP contribution in [0.25, 0.3) is 21.3 Å². The van der Waals surface area contributed by atoms with Crippen molar-refractivity contribution in [3.8, 4) is 11.1 Å². The molecule has 0 fully saturated rings. The Bertz CT molecular complexity index is 1360. The normalized spacial score (nSPS) is 11.4. The first kappa shape index (κ1) is 21.6. The van der Waals surface area contributed by atoms with Crippen LogP contribution in [-0.2, 0) is 13.6 Å². The predicted octanol–water partition coefficient (Wildman–Crippen LogP) is 3.51. The van der Waals surface area contributed by atoms with Crippen molar-refractivity contribution in [3.63, 3.8) is 0 Å². The Hall–Kier alpha value is -3.67. The third-order valence-corrected chi connectivity index (χ3v) is 6.21. The summed E-state index contributed by atoms with van der Waals surface area (Å²) in [5.41, 5.74) is 7.19. The summed E-state index contributed by atoms with van der Waals surface area (Å²) in [5.74, 6) is -1.34. The molecule has 4 heterocycles. The van der Waals surface area contributed by atoms with E-state index >= 15 is 0 Å². The summed E-state index contributed by atoms with van der Waals surface area (Å²) in [7, 11) is 1.60. The number of aromatic nitrogens is 5. The predicted molar refractivity (Wildman–Crippen MR) is 116 cm³/mol. The highest BCUT2D eigenvalue weighted by Gasteiger charge is 2.26. The third-order valence-electron chi connectivity index (χ3n) is 5.11. The lowest BCUT2D eigenvalue weighted by Gasteiger charge is -2.11. The zero-order chi connectivity index (χ0) is 23.2. The SMILES string of the molecule is CCn1ncc(-c2cc(C(F)F)nc3sc(C(N)=O)c(NC(=O)c4ccnn4C)c23)c1C. The number of rotatable bonds is 6. The number of alkyl halides is 2. The van der Waals surface area contributed by atoms with Crippen LogP contribution in [0.5, 0.6) is 0 Å². The van der Waals surface area contributed by atoms with Gasteiger partial charge in [-0.3, -0.25) is 19.0 Å². The second-order valence-electron chi connectivity index (χ2n) is 7.00. The van der Waals surface area contributed by atoms with Gasteiger partial charge in [0.15, 0.2) is 0 Å². The fraction of sp³-hybridized carbons (Fsp3) is 0.250. The van der Waals surface area contributed by atoms with E-state index in [-0.39, 0.29) is 21.1 Å². The summed E-state index contributed by atoms with van der Waals surface area (Å²) in [6.07, 6.45) is 0.198. The monoisotopic (exact) mass is 459 g/mol. The van der Waals surface area contributed by atoms with E-state index in [4.69, 9.17) is 5.73 Å². The number of thiophene rings is 1. The molecule has 0 unspecified atom stereocenters. The highest BCUT2D eigenvalue weighted by Crippen LogP contribution is 2.43. The Morgan fingerprint density at radius 3 is 2.59 bits per heavy atom. The molecule has 0 spiro atoms. The number of hydrogen-bond acceptors (Lipinski definition) is 6. The number of hydrogen-bond donors (Lipinski definition) is 2. The quantitative estimate of drug-likeness (QED) is 0.457. The van der Waals surface area contributed by atoms with Gasteiger partial charge in [0.1, 0.15) is 21.1 Å². The molecule has 0 radical (unpaired) electrons. The Morgan fingerprint density at radius 2 is 2.03 bits per heavy atom. The number of nitrogens with zero attached hydrogens (tertiary/aromatic N) is 5. The summed E-state index contributed by atoms with van der Waals surface area (Å²) in [6.45, 7) is 4.31. The summed E-state index contributed by atoms with van der Waals surface area (Å²) >= 11 is 0.851. The molecule has 166 valence electrons. The molecule has 9 nitrogen and oxygen atoms in total. The number of halogens is 2. The van der Waals surface area contributed by atoms with Gasteiger partial charge in [0.05, 0.1) is 11.9 Å². The first-order chi connectivity index (χ1) is 15.2. The van der Waals surface area contributed by atoms with Crippen LogP contribution < -0.4 is 11.1 Å². The van der Waals surface area contributed by atoms with Crippen molar-refractivity contribution in [3.05, 3.63) is 46.5 Å². The van der Waals surface area contributed by atoms with Crippen molar-refractivity contribution < 1.29 is 18.4 Å². The molecule has 4 aromatic rings. The molecule has 2 amide bonds. The average Bonchev–Trinajstić information content (AvgIpc) is 3.44. The molecule has 0 bridgehead atoms. The summed E-state index contributed by atoms with van der Waals surface area (Å²) in [5, 5.41) is 11.3. The highest BCUT2D eigenvalue weighted by molar-refractivity contribution is 7.21. The van der Waals surface area contributed by atoms with E-state index in [1.165, 1.54) is 23.0 Å². The number of fused-ring (bicyclic) bond motifs is 1. The zero-order valence-corrected chi connectivity index (χ0v) is 18.2. The van der Waals surface area contributed by atoms with Crippen molar-refractivity contribution in [2.45, 2.75) is 26.8 Å². The minimum Gasteiger partial charge on any atom is -0.365 e. The molecule has 0 saturated heterocycles. The van der Waals surface area contributed by atoms with Crippen LogP contribution in [0.1, 0.15) is 44.9 Å². The number of amides is 2. The number of nitrogens with one attached hydrogen (secondary N) is 1. The maximum absolute atomic E-state index is 13.6. The minimum absolute atomic E-state index is 0.0104. The topological polar surface area (TPSA) is 121 Å². The van der Waals surface area contributed by atoms with Gasteiger partial charge >= 0.3 is 0 Å². The average molecular weight is 459 g/mol. The van der Waals surface area contributed by atoms with Crippen molar-refractivity contribution in [1.29, 1.82) is 0 Å². The maximum Gasteiger partial charge on any atom is 0.280 e. The smallest absolute Gasteiger partial charge is 0.280 e. The molecule has 3 N–H and O–H groups in total. The van der Waals surface area contributed by atoms with E-state index in [0.717, 1.165) is 17.0 Å². The molecule has 0 atom stereocenters. The lowest BCUT2D eigenvalue weighted by molar-refractivity contribution is 0.100. The Kier molecular flexibility index (Phi) is 5.46. The molecule has 0 aliphatic heterocycles. The van der Waals surface area contributed by atoms with Crippen LogP contribution in [0.15, 0.2) is 24.5 Å². The van der Waals surface area contributed by atoms with E-state index in [9.17, 15) is 18.4 Å². The van der Waals surface area contributed by atoms with Gasteiger partial charge in [-0.2, -0.15) is 10.2 Å². The fourth-order valence-corrected chi connectivity index (χ4v) is 4.55. The fourth-order valence-electron chi connectivity index (χ4n) is 3.54. The van der Waals surface area contributed by atoms with Gasteiger partial charge in [0, 0.05) is 36.4 Å². The summed E-state index contributed by atoms with van der Waals surface area (Å²) in [4.78, 5) is 29.3. The van der Waals surface area contributed by atoms with Crippen LogP contribution in [0, 0.1) is 6.92 Å². The number of aryl methyl sites for hydroxylation is 2. The van der Waals surface area contributed by atoms with Gasteiger partial charge in [-0.25, -0.2) is 13.8 Å². The molecule has 4 rings (SSSR count). The highest BCUT2D eigenvalue weighted by atomic mass is 32.1. The number of carbonyl (C=O) groups excluding carboxylic acids is 2. The van der Waals surface area contributed by atoms with E-state index in [1.807, 2.05) is 13.8 Å². The number of anilines is 1. The lowest BCUT2D eigenvalue weighted by Crippen LogP contribution is -2.19. The van der Waals surface area contributed by atoms with Crippen LogP contribution in [0.2, 0.25) is 0 Å². The first-order valence-electron chi connectivity index (χ1n) is 9.60. The lowest BCUT2D eigenvalue weighted by atomic mass is 10.0. The van der Waals surface area contributed by atoms with Gasteiger partial charge in [0.2, 0.25) is 0 Å². The second-order valence-corrected chi connectivity index (χ2v) is 8.00. The largest absolute Gasteiger partial charge is 0.365 e. The molecule has 0 aliphatic rings. The summed E-state index contributed by atoms with van der Waals surface area (Å²) in [6, 6.07) is 2.77. The van der Waals surface area contributed by atoms with E-state index in [1.54, 1.807) is 17.9 Å². The van der Waals surface area contributed by atoms with Crippen LogP contribution in [0.4, 0.5) is 14.5 Å². The first-order valence-corrected chi connectivity index (χ1v) is 10.4. The molecule has 12 heteroatoms. The van der Waals surface area contributed by atoms with Gasteiger partial charge < -0.3 is 11.1 Å². The van der Waals surface area contributed by atoms with Gasteiger partial charge in [-0.1, -0.05) is 0 Å². The zero-order valence-electron chi connectivity index (χ0n) is 17.4. The van der Waals surface area contributed by atoms with E-state index in [0.29, 0.717) is 23.1 Å². The van der Waals surface area contributed by atoms with Crippen LogP contribution in [-0.4, -0.2) is 36.4 Å². The molecule has 0 saturated carbocycles. The minimum atomic E-state index is -2.83. The van der Waals surface area contributed by atoms with Crippen molar-refractivity contribution >= 4 is 39.1 Å². The van der Waals surface area contributed by atoms with Gasteiger partial charge in [-0.15, -0.1) is 11.3 Å². The molecule has 0 aliphatic carbocycles. The van der Waals surface area contributed by atoms with Crippen molar-refractivity contribution in [2.24, 2.45) is 12.8 Å². The third kappa shape index (κ3) is 3.51.